The minimum absolute atomic E-state index is 0.246. The number of nitrogens with zero attached hydrogens (tertiary/aromatic N) is 1. The molecule has 25 heavy (non-hydrogen) atoms. The van der Waals surface area contributed by atoms with Gasteiger partial charge in [0.15, 0.2) is 0 Å². The molecule has 3 aromatic rings. The van der Waals surface area contributed by atoms with E-state index in [2.05, 4.69) is 10.3 Å². The highest BCUT2D eigenvalue weighted by atomic mass is 35.5. The molecule has 0 aliphatic rings. The summed E-state index contributed by atoms with van der Waals surface area (Å²) >= 11 is 11.8. The maximum atomic E-state index is 13.0. The molecule has 0 saturated heterocycles. The molecule has 0 aliphatic carbocycles. The molecular formula is C19H13Cl2FN2O. The van der Waals surface area contributed by atoms with Crippen LogP contribution in [0, 0.1) is 5.82 Å². The summed E-state index contributed by atoms with van der Waals surface area (Å²) in [7, 11) is 0. The SMILES string of the molecule is O=C(NCc1ccc(Cl)c(Cl)c1)c1ccc(-c2ccc(F)cc2)nc1. The van der Waals surface area contributed by atoms with Crippen molar-refractivity contribution in [1.82, 2.24) is 10.3 Å². The fraction of sp³-hybridized carbons (Fsp3) is 0.0526. The Bertz CT molecular complexity index is 896. The smallest absolute Gasteiger partial charge is 0.253 e. The third-order valence-electron chi connectivity index (χ3n) is 3.60. The standard InChI is InChI=1S/C19H13Cl2FN2O/c20-16-7-1-12(9-17(16)21)10-24-19(25)14-4-8-18(23-11-14)13-2-5-15(22)6-3-13/h1-9,11H,10H2,(H,24,25). The first-order chi connectivity index (χ1) is 12.0. The zero-order valence-corrected chi connectivity index (χ0v) is 14.5. The number of benzene rings is 2. The number of pyridine rings is 1. The summed E-state index contributed by atoms with van der Waals surface area (Å²) in [6, 6.07) is 14.6. The fourth-order valence-corrected chi connectivity index (χ4v) is 2.57. The van der Waals surface area contributed by atoms with Gasteiger partial charge in [-0.15, -0.1) is 0 Å². The highest BCUT2D eigenvalue weighted by Gasteiger charge is 2.08. The number of carbonyl (C=O) groups is 1. The van der Waals surface area contributed by atoms with Crippen molar-refractivity contribution in [3.05, 3.63) is 87.8 Å². The van der Waals surface area contributed by atoms with Crippen molar-refractivity contribution in [2.24, 2.45) is 0 Å². The maximum Gasteiger partial charge on any atom is 0.253 e. The van der Waals surface area contributed by atoms with E-state index in [0.717, 1.165) is 11.1 Å². The highest BCUT2D eigenvalue weighted by molar-refractivity contribution is 6.42. The van der Waals surface area contributed by atoms with Crippen molar-refractivity contribution >= 4 is 29.1 Å². The highest BCUT2D eigenvalue weighted by Crippen LogP contribution is 2.22. The number of amides is 1. The van der Waals surface area contributed by atoms with Gasteiger partial charge in [-0.2, -0.15) is 0 Å². The Balaban J connectivity index is 1.66. The largest absolute Gasteiger partial charge is 0.348 e. The molecule has 3 rings (SSSR count). The predicted molar refractivity (Wildman–Crippen MR) is 97.3 cm³/mol. The Morgan fingerprint density at radius 2 is 1.76 bits per heavy atom. The summed E-state index contributed by atoms with van der Waals surface area (Å²) in [4.78, 5) is 16.5. The van der Waals surface area contributed by atoms with E-state index in [1.54, 1.807) is 42.5 Å². The van der Waals surface area contributed by atoms with Crippen LogP contribution in [0.5, 0.6) is 0 Å². The molecule has 2 aromatic carbocycles. The summed E-state index contributed by atoms with van der Waals surface area (Å²) in [5.41, 5.74) is 2.73. The normalized spacial score (nSPS) is 10.5. The number of hydrogen-bond donors (Lipinski definition) is 1. The first kappa shape index (κ1) is 17.4. The van der Waals surface area contributed by atoms with Crippen LogP contribution in [0.25, 0.3) is 11.3 Å². The molecule has 0 saturated carbocycles. The van der Waals surface area contributed by atoms with Crippen LogP contribution in [-0.2, 0) is 6.54 Å². The second-order valence-corrected chi connectivity index (χ2v) is 6.18. The van der Waals surface area contributed by atoms with Crippen LogP contribution in [0.4, 0.5) is 4.39 Å². The molecule has 0 unspecified atom stereocenters. The van der Waals surface area contributed by atoms with Gasteiger partial charge in [0.05, 0.1) is 21.3 Å². The molecule has 1 amide bonds. The Kier molecular flexibility index (Phi) is 5.31. The van der Waals surface area contributed by atoms with Crippen molar-refractivity contribution in [3.63, 3.8) is 0 Å². The number of aromatic nitrogens is 1. The zero-order valence-electron chi connectivity index (χ0n) is 13.0. The Morgan fingerprint density at radius 3 is 2.40 bits per heavy atom. The molecule has 0 fully saturated rings. The molecule has 1 aromatic heterocycles. The quantitative estimate of drug-likeness (QED) is 0.687. The topological polar surface area (TPSA) is 42.0 Å². The number of carbonyl (C=O) groups excluding carboxylic acids is 1. The first-order valence-corrected chi connectivity index (χ1v) is 8.22. The molecule has 126 valence electrons. The van der Waals surface area contributed by atoms with Gasteiger partial charge in [-0.05, 0) is 54.1 Å². The van der Waals surface area contributed by atoms with Crippen LogP contribution in [0.3, 0.4) is 0 Å². The molecule has 1 N–H and O–H groups in total. The van der Waals surface area contributed by atoms with Crippen LogP contribution < -0.4 is 5.32 Å². The molecule has 0 bridgehead atoms. The van der Waals surface area contributed by atoms with Crippen LogP contribution in [0.2, 0.25) is 10.0 Å². The third kappa shape index (κ3) is 4.35. The first-order valence-electron chi connectivity index (χ1n) is 7.47. The van der Waals surface area contributed by atoms with Crippen molar-refractivity contribution in [2.75, 3.05) is 0 Å². The van der Waals surface area contributed by atoms with E-state index in [9.17, 15) is 9.18 Å². The van der Waals surface area contributed by atoms with Gasteiger partial charge < -0.3 is 5.32 Å². The fourth-order valence-electron chi connectivity index (χ4n) is 2.25. The number of hydrogen-bond acceptors (Lipinski definition) is 2. The Morgan fingerprint density at radius 1 is 1.00 bits per heavy atom. The average molecular weight is 375 g/mol. The van der Waals surface area contributed by atoms with E-state index < -0.39 is 0 Å². The Hall–Kier alpha value is -2.43. The molecule has 0 aliphatic heterocycles. The van der Waals surface area contributed by atoms with Gasteiger partial charge in [-0.1, -0.05) is 29.3 Å². The second-order valence-electron chi connectivity index (χ2n) is 5.37. The lowest BCUT2D eigenvalue weighted by molar-refractivity contribution is 0.0950. The van der Waals surface area contributed by atoms with E-state index in [4.69, 9.17) is 23.2 Å². The van der Waals surface area contributed by atoms with E-state index in [-0.39, 0.29) is 11.7 Å². The summed E-state index contributed by atoms with van der Waals surface area (Å²) in [6.45, 7) is 0.329. The van der Waals surface area contributed by atoms with E-state index in [0.29, 0.717) is 27.8 Å². The average Bonchev–Trinajstić information content (AvgIpc) is 2.63. The zero-order chi connectivity index (χ0) is 17.8. The van der Waals surface area contributed by atoms with Crippen molar-refractivity contribution < 1.29 is 9.18 Å². The number of halogens is 3. The van der Waals surface area contributed by atoms with Crippen LogP contribution in [0.15, 0.2) is 60.8 Å². The van der Waals surface area contributed by atoms with Crippen molar-refractivity contribution in [3.8, 4) is 11.3 Å². The molecule has 3 nitrogen and oxygen atoms in total. The lowest BCUT2D eigenvalue weighted by Crippen LogP contribution is -2.22. The second kappa shape index (κ2) is 7.64. The summed E-state index contributed by atoms with van der Waals surface area (Å²) < 4.78 is 13.0. The molecular weight excluding hydrogens is 362 g/mol. The number of nitrogens with one attached hydrogen (secondary N) is 1. The van der Waals surface area contributed by atoms with Crippen LogP contribution >= 0.6 is 23.2 Å². The summed E-state index contributed by atoms with van der Waals surface area (Å²) in [6.07, 6.45) is 1.49. The summed E-state index contributed by atoms with van der Waals surface area (Å²) in [5.74, 6) is -0.550. The van der Waals surface area contributed by atoms with Gasteiger partial charge in [0.1, 0.15) is 5.82 Å². The monoisotopic (exact) mass is 374 g/mol. The van der Waals surface area contributed by atoms with E-state index in [1.165, 1.54) is 18.3 Å². The lowest BCUT2D eigenvalue weighted by atomic mass is 10.1. The van der Waals surface area contributed by atoms with Crippen LogP contribution in [-0.4, -0.2) is 10.9 Å². The van der Waals surface area contributed by atoms with Gasteiger partial charge in [0, 0.05) is 18.3 Å². The van der Waals surface area contributed by atoms with Gasteiger partial charge in [-0.25, -0.2) is 4.39 Å². The van der Waals surface area contributed by atoms with Gasteiger partial charge in [0.25, 0.3) is 5.91 Å². The van der Waals surface area contributed by atoms with Crippen molar-refractivity contribution in [1.29, 1.82) is 0 Å². The van der Waals surface area contributed by atoms with Crippen molar-refractivity contribution in [2.45, 2.75) is 6.54 Å². The summed E-state index contributed by atoms with van der Waals surface area (Å²) in [5, 5.41) is 3.71. The van der Waals surface area contributed by atoms with E-state index in [1.807, 2.05) is 0 Å². The third-order valence-corrected chi connectivity index (χ3v) is 4.34. The minimum atomic E-state index is -0.304. The molecule has 0 radical (unpaired) electrons. The van der Waals surface area contributed by atoms with Gasteiger partial charge in [-0.3, -0.25) is 9.78 Å². The van der Waals surface area contributed by atoms with E-state index >= 15 is 0 Å². The van der Waals surface area contributed by atoms with Gasteiger partial charge in [0.2, 0.25) is 0 Å². The predicted octanol–water partition coefficient (Wildman–Crippen LogP) is 5.12. The Labute approximate surface area is 154 Å². The molecule has 6 heteroatoms. The molecule has 0 atom stereocenters. The lowest BCUT2D eigenvalue weighted by Gasteiger charge is -2.07. The van der Waals surface area contributed by atoms with Crippen LogP contribution in [0.1, 0.15) is 15.9 Å². The van der Waals surface area contributed by atoms with Gasteiger partial charge >= 0.3 is 0 Å². The molecule has 1 heterocycles. The molecule has 0 spiro atoms. The number of rotatable bonds is 4. The maximum absolute atomic E-state index is 13.0. The minimum Gasteiger partial charge on any atom is -0.348 e.